The summed E-state index contributed by atoms with van der Waals surface area (Å²) in [6, 6.07) is 12.5. The maximum atomic E-state index is 13.8. The van der Waals surface area contributed by atoms with E-state index in [0.717, 1.165) is 5.56 Å². The lowest BCUT2D eigenvalue weighted by Gasteiger charge is -2.28. The SMILES string of the molecule is COc1cc(CNC(=O)[C@]2(CCC(=O)OC(C)(C)C)N=C(c3ccc(OCCCO)cc3)O[C@@H]2C)cc(OC)c1. The maximum Gasteiger partial charge on any atom is 0.306 e. The molecule has 2 atom stereocenters. The minimum absolute atomic E-state index is 0.0141. The Morgan fingerprint density at radius 1 is 1.05 bits per heavy atom. The minimum Gasteiger partial charge on any atom is -0.497 e. The first-order valence-corrected chi connectivity index (χ1v) is 13.3. The third kappa shape index (κ3) is 8.11. The van der Waals surface area contributed by atoms with Crippen molar-refractivity contribution in [2.45, 2.75) is 70.7 Å². The van der Waals surface area contributed by atoms with Gasteiger partial charge in [0.15, 0.2) is 5.54 Å². The zero-order valence-corrected chi connectivity index (χ0v) is 24.1. The molecule has 10 nitrogen and oxygen atoms in total. The molecule has 0 aliphatic carbocycles. The van der Waals surface area contributed by atoms with Crippen LogP contribution in [0.25, 0.3) is 0 Å². The molecule has 1 amide bonds. The van der Waals surface area contributed by atoms with Crippen molar-refractivity contribution in [1.29, 1.82) is 0 Å². The Kier molecular flexibility index (Phi) is 10.4. The molecule has 40 heavy (non-hydrogen) atoms. The zero-order valence-electron chi connectivity index (χ0n) is 24.1. The van der Waals surface area contributed by atoms with E-state index in [9.17, 15) is 9.59 Å². The van der Waals surface area contributed by atoms with Crippen molar-refractivity contribution in [2.24, 2.45) is 4.99 Å². The van der Waals surface area contributed by atoms with Gasteiger partial charge in [0.1, 0.15) is 29.0 Å². The van der Waals surface area contributed by atoms with Crippen LogP contribution in [0.15, 0.2) is 47.5 Å². The lowest BCUT2D eigenvalue weighted by atomic mass is 9.87. The number of hydrogen-bond donors (Lipinski definition) is 2. The highest BCUT2D eigenvalue weighted by atomic mass is 16.6. The van der Waals surface area contributed by atoms with Crippen molar-refractivity contribution in [3.8, 4) is 17.2 Å². The van der Waals surface area contributed by atoms with Gasteiger partial charge in [-0.05, 0) is 76.1 Å². The fourth-order valence-corrected chi connectivity index (χ4v) is 4.24. The molecule has 0 fully saturated rings. The van der Waals surface area contributed by atoms with Crippen LogP contribution < -0.4 is 19.5 Å². The zero-order chi connectivity index (χ0) is 29.3. The topological polar surface area (TPSA) is 125 Å². The monoisotopic (exact) mass is 556 g/mol. The summed E-state index contributed by atoms with van der Waals surface area (Å²) < 4.78 is 27.9. The second kappa shape index (κ2) is 13.5. The summed E-state index contributed by atoms with van der Waals surface area (Å²) in [5.74, 6) is 1.36. The molecule has 0 spiro atoms. The molecule has 1 aliphatic rings. The second-order valence-electron chi connectivity index (χ2n) is 10.5. The first kappa shape index (κ1) is 30.7. The van der Waals surface area contributed by atoms with Gasteiger partial charge < -0.3 is 34.1 Å². The molecule has 3 rings (SSSR count). The number of hydrogen-bond acceptors (Lipinski definition) is 9. The fraction of sp³-hybridized carbons (Fsp3) is 0.500. The summed E-state index contributed by atoms with van der Waals surface area (Å²) >= 11 is 0. The summed E-state index contributed by atoms with van der Waals surface area (Å²) in [5, 5.41) is 11.9. The number of rotatable bonds is 13. The molecule has 10 heteroatoms. The van der Waals surface area contributed by atoms with Crippen LogP contribution >= 0.6 is 0 Å². The first-order valence-electron chi connectivity index (χ1n) is 13.3. The molecule has 1 heterocycles. The van der Waals surface area contributed by atoms with E-state index in [-0.39, 0.29) is 31.9 Å². The Hall–Kier alpha value is -3.79. The molecule has 2 N–H and O–H groups in total. The van der Waals surface area contributed by atoms with E-state index >= 15 is 0 Å². The van der Waals surface area contributed by atoms with Crippen LogP contribution in [0.5, 0.6) is 17.2 Å². The molecule has 0 saturated carbocycles. The quantitative estimate of drug-likeness (QED) is 0.282. The summed E-state index contributed by atoms with van der Waals surface area (Å²) in [5.41, 5.74) is -0.554. The van der Waals surface area contributed by atoms with E-state index in [1.807, 2.05) is 12.1 Å². The van der Waals surface area contributed by atoms with E-state index in [1.54, 1.807) is 72.2 Å². The number of aliphatic hydroxyl groups excluding tert-OH is 1. The number of carbonyl (C=O) groups excluding carboxylic acids is 2. The highest BCUT2D eigenvalue weighted by molar-refractivity contribution is 6.00. The van der Waals surface area contributed by atoms with Gasteiger partial charge in [-0.1, -0.05) is 0 Å². The number of aliphatic hydroxyl groups is 1. The van der Waals surface area contributed by atoms with Crippen LogP contribution in [0, 0.1) is 0 Å². The summed E-state index contributed by atoms with van der Waals surface area (Å²) in [6.45, 7) is 7.81. The van der Waals surface area contributed by atoms with Gasteiger partial charge in [0.2, 0.25) is 5.90 Å². The molecule has 0 radical (unpaired) electrons. The number of carbonyl (C=O) groups is 2. The van der Waals surface area contributed by atoms with E-state index < -0.39 is 23.2 Å². The predicted octanol–water partition coefficient (Wildman–Crippen LogP) is 3.81. The maximum absolute atomic E-state index is 13.8. The summed E-state index contributed by atoms with van der Waals surface area (Å²) in [6.07, 6.45) is -0.0280. The summed E-state index contributed by atoms with van der Waals surface area (Å²) in [4.78, 5) is 31.2. The molecular weight excluding hydrogens is 516 g/mol. The lowest BCUT2D eigenvalue weighted by Crippen LogP contribution is -2.51. The van der Waals surface area contributed by atoms with Gasteiger partial charge in [0, 0.05) is 37.6 Å². The Labute approximate surface area is 235 Å². The van der Waals surface area contributed by atoms with Crippen LogP contribution in [-0.2, 0) is 25.6 Å². The molecule has 218 valence electrons. The number of esters is 1. The second-order valence-corrected chi connectivity index (χ2v) is 10.5. The number of amides is 1. The fourth-order valence-electron chi connectivity index (χ4n) is 4.24. The molecule has 0 unspecified atom stereocenters. The minimum atomic E-state index is -1.36. The highest BCUT2D eigenvalue weighted by Gasteiger charge is 2.50. The molecule has 2 aromatic rings. The van der Waals surface area contributed by atoms with Gasteiger partial charge in [-0.15, -0.1) is 0 Å². The van der Waals surface area contributed by atoms with Crippen molar-refractivity contribution in [3.63, 3.8) is 0 Å². The van der Waals surface area contributed by atoms with Gasteiger partial charge >= 0.3 is 5.97 Å². The molecule has 1 aliphatic heterocycles. The number of benzene rings is 2. The third-order valence-corrected chi connectivity index (χ3v) is 6.32. The number of ether oxygens (including phenoxy) is 5. The van der Waals surface area contributed by atoms with Crippen LogP contribution in [0.1, 0.15) is 58.1 Å². The third-order valence-electron chi connectivity index (χ3n) is 6.32. The Balaban J connectivity index is 1.85. The Bertz CT molecular complexity index is 1170. The van der Waals surface area contributed by atoms with Crippen molar-refractivity contribution in [2.75, 3.05) is 27.4 Å². The van der Waals surface area contributed by atoms with Crippen LogP contribution in [0.4, 0.5) is 0 Å². The van der Waals surface area contributed by atoms with Gasteiger partial charge in [-0.25, -0.2) is 4.99 Å². The lowest BCUT2D eigenvalue weighted by molar-refractivity contribution is -0.155. The van der Waals surface area contributed by atoms with Crippen LogP contribution in [-0.4, -0.2) is 67.6 Å². The van der Waals surface area contributed by atoms with E-state index in [1.165, 1.54) is 0 Å². The van der Waals surface area contributed by atoms with Crippen molar-refractivity contribution in [1.82, 2.24) is 5.32 Å². The Morgan fingerprint density at radius 3 is 2.27 bits per heavy atom. The summed E-state index contributed by atoms with van der Waals surface area (Å²) in [7, 11) is 3.12. The Morgan fingerprint density at radius 2 is 1.70 bits per heavy atom. The largest absolute Gasteiger partial charge is 0.497 e. The van der Waals surface area contributed by atoms with Gasteiger partial charge in [0.25, 0.3) is 5.91 Å². The van der Waals surface area contributed by atoms with Gasteiger partial charge in [-0.2, -0.15) is 0 Å². The first-order chi connectivity index (χ1) is 19.0. The molecule has 2 aromatic carbocycles. The van der Waals surface area contributed by atoms with Crippen molar-refractivity contribution in [3.05, 3.63) is 53.6 Å². The highest BCUT2D eigenvalue weighted by Crippen LogP contribution is 2.34. The van der Waals surface area contributed by atoms with Gasteiger partial charge in [0.05, 0.1) is 20.8 Å². The average molecular weight is 557 g/mol. The standard InChI is InChI=1S/C30H40N2O8/c1-20-30(13-12-26(34)40-29(2,3)4,28(35)31-19-21-16-24(36-5)18-25(17-21)37-6)32-27(39-20)22-8-10-23(11-9-22)38-15-7-14-33/h8-11,16-18,20,33H,7,12-15,19H2,1-6H3,(H,31,35)/t20-,30-/m1/s1. The normalized spacial score (nSPS) is 18.4. The number of nitrogens with zero attached hydrogens (tertiary/aromatic N) is 1. The number of nitrogens with one attached hydrogen (secondary N) is 1. The van der Waals surface area contributed by atoms with Crippen LogP contribution in [0.3, 0.4) is 0 Å². The van der Waals surface area contributed by atoms with E-state index in [0.29, 0.717) is 41.7 Å². The van der Waals surface area contributed by atoms with E-state index in [4.69, 9.17) is 33.8 Å². The predicted molar refractivity (Wildman–Crippen MR) is 150 cm³/mol. The van der Waals surface area contributed by atoms with Crippen molar-refractivity contribution < 1.29 is 38.4 Å². The molecule has 0 bridgehead atoms. The van der Waals surface area contributed by atoms with Gasteiger partial charge in [-0.3, -0.25) is 9.59 Å². The smallest absolute Gasteiger partial charge is 0.306 e. The average Bonchev–Trinajstić information content (AvgIpc) is 3.27. The molecular formula is C30H40N2O8. The van der Waals surface area contributed by atoms with Crippen molar-refractivity contribution >= 4 is 17.8 Å². The molecule has 0 aromatic heterocycles. The molecule has 0 saturated heterocycles. The van der Waals surface area contributed by atoms with E-state index in [2.05, 4.69) is 5.32 Å². The van der Waals surface area contributed by atoms with Crippen LogP contribution in [0.2, 0.25) is 0 Å². The number of methoxy groups -OCH3 is 2. The number of aliphatic imine (C=N–C) groups is 1.